The van der Waals surface area contributed by atoms with Crippen LogP contribution in [-0.2, 0) is 5.41 Å². The van der Waals surface area contributed by atoms with Gasteiger partial charge in [0.1, 0.15) is 0 Å². The Hall–Kier alpha value is -0.980. The van der Waals surface area contributed by atoms with E-state index in [9.17, 15) is 0 Å². The Morgan fingerprint density at radius 2 is 1.82 bits per heavy atom. The maximum Gasteiger partial charge on any atom is 0.254 e. The average molecular weight is 151 g/mol. The molecule has 0 unspecified atom stereocenters. The van der Waals surface area contributed by atoms with Crippen molar-refractivity contribution in [3.63, 3.8) is 0 Å². The molecular weight excluding hydrogens is 136 g/mol. The highest BCUT2D eigenvalue weighted by molar-refractivity contribution is 5.31. The first kappa shape index (κ1) is 8.12. The molecule has 0 amide bonds. The van der Waals surface area contributed by atoms with E-state index in [0.29, 0.717) is 5.75 Å². The topological polar surface area (TPSA) is 22.9 Å². The van der Waals surface area contributed by atoms with Gasteiger partial charge in [-0.25, -0.2) is 0 Å². The molecule has 1 aromatic carbocycles. The molecule has 0 heterocycles. The van der Waals surface area contributed by atoms with Crippen molar-refractivity contribution in [1.29, 1.82) is 0 Å². The molecule has 0 aromatic heterocycles. The second kappa shape index (κ2) is 2.57. The Labute approximate surface area is 67.7 Å². The molecule has 0 aliphatic carbocycles. The minimum Gasteiger partial charge on any atom is -0.593 e. The van der Waals surface area contributed by atoms with Crippen molar-refractivity contribution in [1.82, 2.24) is 0 Å². The summed E-state index contributed by atoms with van der Waals surface area (Å²) in [5.41, 5.74) is 1.39. The predicted octanol–water partition coefficient (Wildman–Crippen LogP) is 2.42. The molecule has 0 aliphatic heterocycles. The summed E-state index contributed by atoms with van der Waals surface area (Å²) < 4.78 is 0. The summed E-state index contributed by atoms with van der Waals surface area (Å²) in [6.45, 7) is 6.46. The predicted molar refractivity (Wildman–Crippen MR) is 48.2 cm³/mol. The number of benzene rings is 1. The van der Waals surface area contributed by atoms with E-state index in [1.165, 1.54) is 5.56 Å². The Morgan fingerprint density at radius 1 is 1.18 bits per heavy atom. The number of rotatable bonds is 0. The van der Waals surface area contributed by atoms with Gasteiger partial charge in [0.05, 0.1) is 0 Å². The Bertz CT molecular complexity index is 245. The molecule has 0 fully saturated rings. The number of hydrogen-bond acceptors (Lipinski definition) is 0. The summed E-state index contributed by atoms with van der Waals surface area (Å²) in [5, 5.41) is 7.42. The van der Waals surface area contributed by atoms with Crippen LogP contribution >= 0.6 is 0 Å². The SMILES string of the molecule is CC(C)(C)c1cccc([OH2+])c1. The third kappa shape index (κ3) is 1.97. The zero-order valence-corrected chi connectivity index (χ0v) is 7.31. The quantitative estimate of drug-likeness (QED) is 0.508. The largest absolute Gasteiger partial charge is 0.593 e. The Morgan fingerprint density at radius 3 is 2.18 bits per heavy atom. The van der Waals surface area contributed by atoms with Crippen LogP contribution in [0.2, 0.25) is 0 Å². The highest BCUT2D eigenvalue weighted by atomic mass is 16.3. The molecule has 0 saturated heterocycles. The van der Waals surface area contributed by atoms with Crippen LogP contribution in [0.5, 0.6) is 5.75 Å². The second-order valence-electron chi connectivity index (χ2n) is 3.83. The van der Waals surface area contributed by atoms with E-state index < -0.39 is 0 Å². The summed E-state index contributed by atoms with van der Waals surface area (Å²) in [6, 6.07) is 7.72. The zero-order valence-electron chi connectivity index (χ0n) is 7.31. The fourth-order valence-electron chi connectivity index (χ4n) is 0.986. The third-order valence-corrected chi connectivity index (χ3v) is 1.73. The van der Waals surface area contributed by atoms with Gasteiger partial charge in [0.2, 0.25) is 0 Å². The smallest absolute Gasteiger partial charge is 0.254 e. The van der Waals surface area contributed by atoms with Gasteiger partial charge in [0.15, 0.2) is 0 Å². The van der Waals surface area contributed by atoms with Crippen molar-refractivity contribution in [2.75, 3.05) is 0 Å². The lowest BCUT2D eigenvalue weighted by atomic mass is 9.87. The summed E-state index contributed by atoms with van der Waals surface area (Å²) in [7, 11) is 0. The molecule has 0 spiro atoms. The molecule has 60 valence electrons. The van der Waals surface area contributed by atoms with Crippen LogP contribution in [0, 0.1) is 0 Å². The molecule has 1 heteroatoms. The van der Waals surface area contributed by atoms with Crippen LogP contribution in [0.1, 0.15) is 26.3 Å². The van der Waals surface area contributed by atoms with Crippen molar-refractivity contribution in [3.05, 3.63) is 29.8 Å². The molecule has 2 N–H and O–H groups in total. The van der Waals surface area contributed by atoms with E-state index in [1.54, 1.807) is 6.07 Å². The van der Waals surface area contributed by atoms with E-state index >= 15 is 0 Å². The van der Waals surface area contributed by atoms with Crippen molar-refractivity contribution in [3.8, 4) is 5.75 Å². The Balaban J connectivity index is 3.06. The van der Waals surface area contributed by atoms with Crippen LogP contribution in [0.15, 0.2) is 24.3 Å². The third-order valence-electron chi connectivity index (χ3n) is 1.73. The van der Waals surface area contributed by atoms with Gasteiger partial charge in [0.25, 0.3) is 5.75 Å². The highest BCUT2D eigenvalue weighted by Crippen LogP contribution is 2.24. The lowest BCUT2D eigenvalue weighted by Crippen LogP contribution is -2.10. The minimum atomic E-state index is 0.164. The lowest BCUT2D eigenvalue weighted by Gasteiger charge is -2.17. The van der Waals surface area contributed by atoms with E-state index in [0.717, 1.165) is 0 Å². The van der Waals surface area contributed by atoms with Crippen molar-refractivity contribution in [2.45, 2.75) is 26.2 Å². The van der Waals surface area contributed by atoms with Crippen LogP contribution in [0.4, 0.5) is 0 Å². The van der Waals surface area contributed by atoms with E-state index in [4.69, 9.17) is 5.11 Å². The second-order valence-corrected chi connectivity index (χ2v) is 3.83. The summed E-state index contributed by atoms with van der Waals surface area (Å²) in [6.07, 6.45) is 0. The lowest BCUT2D eigenvalue weighted by molar-refractivity contribution is 0.471. The first-order valence-corrected chi connectivity index (χ1v) is 3.82. The molecule has 0 aliphatic rings. The summed E-state index contributed by atoms with van der Waals surface area (Å²) in [4.78, 5) is 0. The minimum absolute atomic E-state index is 0.164. The fraction of sp³-hybridized carbons (Fsp3) is 0.400. The van der Waals surface area contributed by atoms with Gasteiger partial charge >= 0.3 is 0 Å². The molecule has 0 bridgehead atoms. The monoisotopic (exact) mass is 151 g/mol. The van der Waals surface area contributed by atoms with Gasteiger partial charge in [-0.15, -0.1) is 0 Å². The molecule has 1 aromatic rings. The summed E-state index contributed by atoms with van der Waals surface area (Å²) >= 11 is 0. The maximum atomic E-state index is 7.42. The molecule has 1 rings (SSSR count). The van der Waals surface area contributed by atoms with Crippen LogP contribution in [0.3, 0.4) is 0 Å². The van der Waals surface area contributed by atoms with Gasteiger partial charge in [-0.3, -0.25) is 0 Å². The van der Waals surface area contributed by atoms with Gasteiger partial charge in [-0.1, -0.05) is 32.9 Å². The van der Waals surface area contributed by atoms with Gasteiger partial charge in [0, 0.05) is 12.1 Å². The molecule has 11 heavy (non-hydrogen) atoms. The molecule has 0 radical (unpaired) electrons. The summed E-state index contributed by atoms with van der Waals surface area (Å²) in [5.74, 6) is 0.595. The normalized spacial score (nSPS) is 11.5. The maximum absolute atomic E-state index is 7.42. The van der Waals surface area contributed by atoms with Crippen LogP contribution in [0.25, 0.3) is 0 Å². The Kier molecular flexibility index (Phi) is 1.90. The van der Waals surface area contributed by atoms with Gasteiger partial charge < -0.3 is 5.11 Å². The van der Waals surface area contributed by atoms with Crippen molar-refractivity contribution in [2.24, 2.45) is 0 Å². The molecule has 1 nitrogen and oxygen atoms in total. The number of hydrogen-bond donors (Lipinski definition) is 0. The first-order valence-electron chi connectivity index (χ1n) is 3.82. The van der Waals surface area contributed by atoms with Crippen molar-refractivity contribution >= 4 is 0 Å². The zero-order chi connectivity index (χ0) is 8.48. The molecule has 0 saturated carbocycles. The van der Waals surface area contributed by atoms with Crippen LogP contribution in [-0.4, -0.2) is 5.11 Å². The highest BCUT2D eigenvalue weighted by Gasteiger charge is 2.13. The first-order chi connectivity index (χ1) is 5.00. The van der Waals surface area contributed by atoms with Crippen LogP contribution < -0.4 is 0 Å². The van der Waals surface area contributed by atoms with Gasteiger partial charge in [-0.05, 0) is 11.0 Å². The molecule has 0 atom stereocenters. The van der Waals surface area contributed by atoms with Crippen molar-refractivity contribution < 1.29 is 5.11 Å². The standard InChI is InChI=1S/C10H14O/c1-10(2,3)8-5-4-6-9(11)7-8/h4-7,11H,1-3H3/p+1. The molecular formula is C10H15O+. The fourth-order valence-corrected chi connectivity index (χ4v) is 0.986. The van der Waals surface area contributed by atoms with E-state index in [1.807, 2.05) is 12.1 Å². The van der Waals surface area contributed by atoms with Gasteiger partial charge in [-0.2, -0.15) is 0 Å². The van der Waals surface area contributed by atoms with E-state index in [2.05, 4.69) is 26.8 Å². The average Bonchev–Trinajstić information content (AvgIpc) is 1.86. The van der Waals surface area contributed by atoms with E-state index in [-0.39, 0.29) is 5.41 Å².